The normalized spacial score (nSPS) is 12.6. The van der Waals surface area contributed by atoms with E-state index in [0.29, 0.717) is 0 Å². The smallest absolute Gasteiger partial charge is 0.156 e. The summed E-state index contributed by atoms with van der Waals surface area (Å²) >= 11 is 0. The molecule has 5 rings (SSSR count). The van der Waals surface area contributed by atoms with Crippen LogP contribution in [0.3, 0.4) is 0 Å². The van der Waals surface area contributed by atoms with Gasteiger partial charge in [0, 0.05) is 21.7 Å². The molecule has 140 valence electrons. The summed E-state index contributed by atoms with van der Waals surface area (Å²) < 4.78 is 6.27. The maximum atomic E-state index is 6.27. The quantitative estimate of drug-likeness (QED) is 0.313. The van der Waals surface area contributed by atoms with Crippen molar-refractivity contribution in [1.29, 1.82) is 0 Å². The van der Waals surface area contributed by atoms with E-state index in [2.05, 4.69) is 30.3 Å². The topological polar surface area (TPSA) is 38.9 Å². The number of furan rings is 1. The molecule has 0 bridgehead atoms. The summed E-state index contributed by atoms with van der Waals surface area (Å²) in [5.74, 6) is 0.727. The van der Waals surface area contributed by atoms with Crippen molar-refractivity contribution in [3.05, 3.63) is 90.8 Å². The first-order valence-electron chi connectivity index (χ1n) is 9.73. The molecule has 0 aliphatic rings. The van der Waals surface area contributed by atoms with E-state index in [1.807, 2.05) is 68.5 Å². The third-order valence-electron chi connectivity index (χ3n) is 5.15. The Morgan fingerprint density at radius 1 is 0.828 bits per heavy atom. The van der Waals surface area contributed by atoms with E-state index in [9.17, 15) is 0 Å². The van der Waals surface area contributed by atoms with Crippen LogP contribution in [0.1, 0.15) is 19.7 Å². The summed E-state index contributed by atoms with van der Waals surface area (Å²) in [6.45, 7) is 4.04. The standard InChI is InChI=1S/C26H20N2O/c1-3-4-10-17(2)26-27-22-15-7-5-12-20(22)24(28-26)21-14-9-13-19-18-11-6-8-16-23(18)29-25(19)21/h3-16H,1-2H3/b4-3-,17-10+. The van der Waals surface area contributed by atoms with Crippen LogP contribution in [0, 0.1) is 0 Å². The highest BCUT2D eigenvalue weighted by molar-refractivity contribution is 6.11. The van der Waals surface area contributed by atoms with E-state index in [-0.39, 0.29) is 0 Å². The lowest BCUT2D eigenvalue weighted by molar-refractivity contribution is 0.670. The molecule has 0 aliphatic carbocycles. The van der Waals surface area contributed by atoms with Gasteiger partial charge >= 0.3 is 0 Å². The van der Waals surface area contributed by atoms with Crippen LogP contribution in [0.25, 0.3) is 49.7 Å². The second-order valence-electron chi connectivity index (χ2n) is 7.07. The van der Waals surface area contributed by atoms with E-state index in [4.69, 9.17) is 14.4 Å². The highest BCUT2D eigenvalue weighted by atomic mass is 16.3. The van der Waals surface area contributed by atoms with Crippen molar-refractivity contribution in [3.63, 3.8) is 0 Å². The second-order valence-corrected chi connectivity index (χ2v) is 7.07. The molecule has 5 aromatic rings. The van der Waals surface area contributed by atoms with Crippen LogP contribution in [0.2, 0.25) is 0 Å². The van der Waals surface area contributed by atoms with Gasteiger partial charge in [-0.2, -0.15) is 0 Å². The Labute approximate surface area is 169 Å². The summed E-state index contributed by atoms with van der Waals surface area (Å²) in [7, 11) is 0. The molecule has 0 fully saturated rings. The number of benzene rings is 3. The number of para-hydroxylation sites is 3. The molecule has 0 saturated carbocycles. The molecule has 0 atom stereocenters. The van der Waals surface area contributed by atoms with Crippen molar-refractivity contribution in [3.8, 4) is 11.3 Å². The van der Waals surface area contributed by atoms with Gasteiger partial charge in [-0.3, -0.25) is 0 Å². The summed E-state index contributed by atoms with van der Waals surface area (Å²) in [5, 5.41) is 3.23. The minimum absolute atomic E-state index is 0.727. The van der Waals surface area contributed by atoms with Gasteiger partial charge in [-0.15, -0.1) is 0 Å². The zero-order valence-corrected chi connectivity index (χ0v) is 16.4. The highest BCUT2D eigenvalue weighted by Crippen LogP contribution is 2.37. The van der Waals surface area contributed by atoms with Crippen LogP contribution in [-0.4, -0.2) is 9.97 Å². The average molecular weight is 376 g/mol. The van der Waals surface area contributed by atoms with Crippen molar-refractivity contribution in [2.45, 2.75) is 13.8 Å². The molecule has 3 nitrogen and oxygen atoms in total. The van der Waals surface area contributed by atoms with E-state index in [0.717, 1.165) is 55.5 Å². The molecule has 0 unspecified atom stereocenters. The first-order chi connectivity index (χ1) is 14.3. The number of allylic oxidation sites excluding steroid dienone is 4. The first-order valence-corrected chi connectivity index (χ1v) is 9.73. The Morgan fingerprint density at radius 3 is 2.45 bits per heavy atom. The van der Waals surface area contributed by atoms with Gasteiger partial charge in [0.1, 0.15) is 11.2 Å². The molecule has 3 aromatic carbocycles. The number of nitrogens with zero attached hydrogens (tertiary/aromatic N) is 2. The zero-order valence-electron chi connectivity index (χ0n) is 16.4. The lowest BCUT2D eigenvalue weighted by Gasteiger charge is -2.09. The fraction of sp³-hybridized carbons (Fsp3) is 0.0769. The summed E-state index contributed by atoms with van der Waals surface area (Å²) in [4.78, 5) is 9.76. The van der Waals surface area contributed by atoms with Crippen molar-refractivity contribution < 1.29 is 4.42 Å². The monoisotopic (exact) mass is 376 g/mol. The Bertz CT molecular complexity index is 1420. The number of aromatic nitrogens is 2. The van der Waals surface area contributed by atoms with Crippen LogP contribution < -0.4 is 0 Å². The van der Waals surface area contributed by atoms with E-state index < -0.39 is 0 Å². The highest BCUT2D eigenvalue weighted by Gasteiger charge is 2.16. The number of rotatable bonds is 3. The van der Waals surface area contributed by atoms with Gasteiger partial charge in [-0.25, -0.2) is 9.97 Å². The summed E-state index contributed by atoms with van der Waals surface area (Å²) in [5.41, 5.74) is 5.57. The van der Waals surface area contributed by atoms with E-state index in [1.165, 1.54) is 0 Å². The van der Waals surface area contributed by atoms with Crippen molar-refractivity contribution >= 4 is 38.4 Å². The van der Waals surface area contributed by atoms with Crippen LogP contribution in [0.15, 0.2) is 89.4 Å². The summed E-state index contributed by atoms with van der Waals surface area (Å²) in [6, 6.07) is 22.5. The van der Waals surface area contributed by atoms with Gasteiger partial charge in [0.25, 0.3) is 0 Å². The molecular formula is C26H20N2O. The van der Waals surface area contributed by atoms with Gasteiger partial charge in [0.05, 0.1) is 11.2 Å². The largest absolute Gasteiger partial charge is 0.455 e. The average Bonchev–Trinajstić information content (AvgIpc) is 3.15. The van der Waals surface area contributed by atoms with Gasteiger partial charge in [0.2, 0.25) is 0 Å². The SMILES string of the molecule is C/C=C\C=C(/C)c1nc(-c2cccc3c2oc2ccccc23)c2ccccc2n1. The molecule has 0 N–H and O–H groups in total. The number of fused-ring (bicyclic) bond motifs is 4. The Hall–Kier alpha value is -3.72. The van der Waals surface area contributed by atoms with Crippen LogP contribution >= 0.6 is 0 Å². The van der Waals surface area contributed by atoms with Gasteiger partial charge in [-0.1, -0.05) is 66.8 Å². The molecule has 2 aromatic heterocycles. The maximum absolute atomic E-state index is 6.27. The summed E-state index contributed by atoms with van der Waals surface area (Å²) in [6.07, 6.45) is 6.05. The lowest BCUT2D eigenvalue weighted by Crippen LogP contribution is -1.97. The Balaban J connectivity index is 1.85. The molecule has 0 aliphatic heterocycles. The number of hydrogen-bond acceptors (Lipinski definition) is 3. The van der Waals surface area contributed by atoms with Crippen molar-refractivity contribution in [2.24, 2.45) is 0 Å². The molecule has 29 heavy (non-hydrogen) atoms. The molecule has 2 heterocycles. The van der Waals surface area contributed by atoms with Crippen LogP contribution in [0.4, 0.5) is 0 Å². The Kier molecular flexibility index (Phi) is 4.21. The fourth-order valence-electron chi connectivity index (χ4n) is 3.71. The molecule has 0 saturated heterocycles. The van der Waals surface area contributed by atoms with E-state index >= 15 is 0 Å². The maximum Gasteiger partial charge on any atom is 0.156 e. The van der Waals surface area contributed by atoms with Crippen LogP contribution in [-0.2, 0) is 0 Å². The minimum atomic E-state index is 0.727. The third kappa shape index (κ3) is 2.92. The molecular weight excluding hydrogens is 356 g/mol. The predicted molar refractivity (Wildman–Crippen MR) is 121 cm³/mol. The molecule has 0 radical (unpaired) electrons. The molecule has 3 heteroatoms. The number of hydrogen-bond donors (Lipinski definition) is 0. The molecule has 0 spiro atoms. The molecule has 0 amide bonds. The zero-order chi connectivity index (χ0) is 19.8. The van der Waals surface area contributed by atoms with Crippen molar-refractivity contribution in [1.82, 2.24) is 9.97 Å². The van der Waals surface area contributed by atoms with Gasteiger partial charge in [-0.05, 0) is 37.6 Å². The van der Waals surface area contributed by atoms with Crippen molar-refractivity contribution in [2.75, 3.05) is 0 Å². The van der Waals surface area contributed by atoms with E-state index in [1.54, 1.807) is 0 Å². The third-order valence-corrected chi connectivity index (χ3v) is 5.15. The van der Waals surface area contributed by atoms with Crippen LogP contribution in [0.5, 0.6) is 0 Å². The Morgan fingerprint density at radius 2 is 1.59 bits per heavy atom. The lowest BCUT2D eigenvalue weighted by atomic mass is 10.0. The predicted octanol–water partition coefficient (Wildman–Crippen LogP) is 7.18. The fourth-order valence-corrected chi connectivity index (χ4v) is 3.71. The minimum Gasteiger partial charge on any atom is -0.455 e. The second kappa shape index (κ2) is 7.02. The first kappa shape index (κ1) is 17.4. The van der Waals surface area contributed by atoms with Gasteiger partial charge in [0.15, 0.2) is 5.82 Å². The van der Waals surface area contributed by atoms with Gasteiger partial charge < -0.3 is 4.42 Å².